The summed E-state index contributed by atoms with van der Waals surface area (Å²) in [5.74, 6) is -0.470. The van der Waals surface area contributed by atoms with Gasteiger partial charge >= 0.3 is 11.9 Å². The Morgan fingerprint density at radius 1 is 0.553 bits per heavy atom. The molecule has 0 saturated carbocycles. The van der Waals surface area contributed by atoms with E-state index in [9.17, 15) is 9.59 Å². The van der Waals surface area contributed by atoms with Gasteiger partial charge in [0.25, 0.3) is 0 Å². The Labute approximate surface area is 229 Å². The van der Waals surface area contributed by atoms with E-state index in [0.717, 1.165) is 38.5 Å². The van der Waals surface area contributed by atoms with Gasteiger partial charge in [0.1, 0.15) is 11.4 Å². The predicted molar refractivity (Wildman–Crippen MR) is 153 cm³/mol. The molecule has 2 aromatic heterocycles. The van der Waals surface area contributed by atoms with Crippen molar-refractivity contribution in [3.05, 3.63) is 60.2 Å². The summed E-state index contributed by atoms with van der Waals surface area (Å²) in [6, 6.07) is 10.7. The highest BCUT2D eigenvalue weighted by molar-refractivity contribution is 5.91. The molecule has 2 rings (SSSR count). The SMILES string of the molecule is CCCCCCCCCC(=O)OC(=C(OC(=O)CCCCCCCCC)c1ccccn1)c1ccccn1. The number of unbranched alkanes of at least 4 members (excludes halogenated alkanes) is 12. The van der Waals surface area contributed by atoms with Crippen LogP contribution in [-0.2, 0) is 19.1 Å². The van der Waals surface area contributed by atoms with Crippen LogP contribution in [0.5, 0.6) is 0 Å². The second-order valence-electron chi connectivity index (χ2n) is 9.78. The van der Waals surface area contributed by atoms with Crippen LogP contribution < -0.4 is 0 Å². The number of hydrogen-bond donors (Lipinski definition) is 0. The van der Waals surface area contributed by atoms with Crippen LogP contribution in [0.4, 0.5) is 0 Å². The molecule has 0 fully saturated rings. The van der Waals surface area contributed by atoms with Crippen molar-refractivity contribution in [2.24, 2.45) is 0 Å². The number of carbonyl (C=O) groups is 2. The van der Waals surface area contributed by atoms with Gasteiger partial charge in [-0.2, -0.15) is 0 Å². The maximum atomic E-state index is 12.9. The first-order valence-electron chi connectivity index (χ1n) is 14.6. The zero-order valence-corrected chi connectivity index (χ0v) is 23.5. The Balaban J connectivity index is 2.10. The Kier molecular flexibility index (Phi) is 16.4. The van der Waals surface area contributed by atoms with E-state index in [0.29, 0.717) is 24.2 Å². The first-order chi connectivity index (χ1) is 18.7. The molecule has 0 radical (unpaired) electrons. The topological polar surface area (TPSA) is 78.4 Å². The zero-order chi connectivity index (χ0) is 27.3. The molecule has 0 aliphatic rings. The number of aromatic nitrogens is 2. The molecule has 0 aliphatic carbocycles. The summed E-state index contributed by atoms with van der Waals surface area (Å²) < 4.78 is 11.7. The van der Waals surface area contributed by atoms with Crippen LogP contribution in [0, 0.1) is 0 Å². The Morgan fingerprint density at radius 3 is 1.26 bits per heavy atom. The minimum atomic E-state index is -0.365. The van der Waals surface area contributed by atoms with Gasteiger partial charge in [0.15, 0.2) is 0 Å². The van der Waals surface area contributed by atoms with Gasteiger partial charge in [-0.15, -0.1) is 0 Å². The standard InChI is InChI=1S/C32H46N2O4/c1-3-5-7-9-11-13-15-23-29(35)37-31(27-21-17-19-25-33-27)32(28-22-18-20-26-34-28)38-30(36)24-16-14-12-10-8-6-4-2/h17-22,25-26H,3-16,23-24H2,1-2H3. The van der Waals surface area contributed by atoms with Crippen LogP contribution >= 0.6 is 0 Å². The van der Waals surface area contributed by atoms with Crippen molar-refractivity contribution in [2.75, 3.05) is 0 Å². The highest BCUT2D eigenvalue weighted by Crippen LogP contribution is 2.28. The van der Waals surface area contributed by atoms with Gasteiger partial charge in [0.05, 0.1) is 0 Å². The van der Waals surface area contributed by atoms with Crippen LogP contribution in [0.25, 0.3) is 11.5 Å². The molecule has 2 aromatic rings. The van der Waals surface area contributed by atoms with E-state index in [-0.39, 0.29) is 23.5 Å². The minimum absolute atomic E-state index is 0.130. The van der Waals surface area contributed by atoms with Gasteiger partial charge in [-0.25, -0.2) is 0 Å². The van der Waals surface area contributed by atoms with Crippen molar-refractivity contribution >= 4 is 23.5 Å². The molecule has 38 heavy (non-hydrogen) atoms. The van der Waals surface area contributed by atoms with E-state index < -0.39 is 0 Å². The number of pyridine rings is 2. The molecule has 0 atom stereocenters. The molecular formula is C32H46N2O4. The fourth-order valence-electron chi connectivity index (χ4n) is 4.21. The first kappa shape index (κ1) is 31.2. The summed E-state index contributed by atoms with van der Waals surface area (Å²) in [5.41, 5.74) is 0.842. The van der Waals surface area contributed by atoms with Crippen molar-refractivity contribution in [1.29, 1.82) is 0 Å². The maximum Gasteiger partial charge on any atom is 0.311 e. The molecule has 0 spiro atoms. The molecule has 0 aromatic carbocycles. The van der Waals surface area contributed by atoms with E-state index in [1.165, 1.54) is 51.4 Å². The molecule has 0 aliphatic heterocycles. The normalized spacial score (nSPS) is 11.6. The smallest absolute Gasteiger partial charge is 0.311 e. The van der Waals surface area contributed by atoms with Crippen molar-refractivity contribution in [3.8, 4) is 0 Å². The molecular weight excluding hydrogens is 476 g/mol. The van der Waals surface area contributed by atoms with Crippen molar-refractivity contribution in [3.63, 3.8) is 0 Å². The van der Waals surface area contributed by atoms with Crippen LogP contribution in [0.15, 0.2) is 48.8 Å². The highest BCUT2D eigenvalue weighted by Gasteiger charge is 2.23. The lowest BCUT2D eigenvalue weighted by atomic mass is 10.1. The quantitative estimate of drug-likeness (QED) is 0.0983. The molecule has 2 heterocycles. The number of nitrogens with zero attached hydrogens (tertiary/aromatic N) is 2. The van der Waals surface area contributed by atoms with Crippen molar-refractivity contribution in [1.82, 2.24) is 9.97 Å². The second kappa shape index (κ2) is 20.0. The number of esters is 2. The van der Waals surface area contributed by atoms with Crippen molar-refractivity contribution in [2.45, 2.75) is 117 Å². The highest BCUT2D eigenvalue weighted by atomic mass is 16.6. The monoisotopic (exact) mass is 522 g/mol. The van der Waals surface area contributed by atoms with Crippen LogP contribution in [0.3, 0.4) is 0 Å². The van der Waals surface area contributed by atoms with Gasteiger partial charge in [0.2, 0.25) is 11.5 Å². The number of carbonyl (C=O) groups excluding carboxylic acids is 2. The third-order valence-electron chi connectivity index (χ3n) is 6.40. The molecule has 6 nitrogen and oxygen atoms in total. The maximum absolute atomic E-state index is 12.9. The van der Waals surface area contributed by atoms with E-state index in [2.05, 4.69) is 23.8 Å². The molecule has 0 N–H and O–H groups in total. The average molecular weight is 523 g/mol. The summed E-state index contributed by atoms with van der Waals surface area (Å²) >= 11 is 0. The lowest BCUT2D eigenvalue weighted by Crippen LogP contribution is -2.12. The fraction of sp³-hybridized carbons (Fsp3) is 0.562. The van der Waals surface area contributed by atoms with Crippen molar-refractivity contribution < 1.29 is 19.1 Å². The fourth-order valence-corrected chi connectivity index (χ4v) is 4.21. The number of hydrogen-bond acceptors (Lipinski definition) is 6. The Morgan fingerprint density at radius 2 is 0.921 bits per heavy atom. The van der Waals surface area contributed by atoms with Gasteiger partial charge in [-0.1, -0.05) is 103 Å². The van der Waals surface area contributed by atoms with E-state index in [1.807, 2.05) is 12.1 Å². The molecule has 208 valence electrons. The lowest BCUT2D eigenvalue weighted by molar-refractivity contribution is -0.139. The molecule has 0 amide bonds. The molecule has 0 unspecified atom stereocenters. The Hall–Kier alpha value is -3.02. The van der Waals surface area contributed by atoms with Crippen LogP contribution in [0.1, 0.15) is 128 Å². The third-order valence-corrected chi connectivity index (χ3v) is 6.40. The van der Waals surface area contributed by atoms with Gasteiger partial charge in [0, 0.05) is 25.2 Å². The molecule has 0 saturated heterocycles. The zero-order valence-electron chi connectivity index (χ0n) is 23.5. The van der Waals surface area contributed by atoms with Gasteiger partial charge < -0.3 is 9.47 Å². The Bertz CT molecular complexity index is 867. The average Bonchev–Trinajstić information content (AvgIpc) is 2.95. The van der Waals surface area contributed by atoms with Crippen LogP contribution in [-0.4, -0.2) is 21.9 Å². The largest absolute Gasteiger partial charge is 0.420 e. The van der Waals surface area contributed by atoms with E-state index >= 15 is 0 Å². The van der Waals surface area contributed by atoms with E-state index in [4.69, 9.17) is 9.47 Å². The summed E-state index contributed by atoms with van der Waals surface area (Å²) in [7, 11) is 0. The van der Waals surface area contributed by atoms with Crippen LogP contribution in [0.2, 0.25) is 0 Å². The van der Waals surface area contributed by atoms with Gasteiger partial charge in [-0.3, -0.25) is 19.6 Å². The predicted octanol–water partition coefficient (Wildman–Crippen LogP) is 8.67. The second-order valence-corrected chi connectivity index (χ2v) is 9.78. The summed E-state index contributed by atoms with van der Waals surface area (Å²) in [5, 5.41) is 0. The summed E-state index contributed by atoms with van der Waals surface area (Å²) in [6.45, 7) is 4.41. The number of rotatable bonds is 20. The lowest BCUT2D eigenvalue weighted by Gasteiger charge is -2.15. The number of ether oxygens (including phenoxy) is 2. The minimum Gasteiger partial charge on any atom is -0.420 e. The summed E-state index contributed by atoms with van der Waals surface area (Å²) in [4.78, 5) is 34.5. The third kappa shape index (κ3) is 13.0. The summed E-state index contributed by atoms with van der Waals surface area (Å²) in [6.07, 6.45) is 19.4. The van der Waals surface area contributed by atoms with E-state index in [1.54, 1.807) is 36.7 Å². The molecule has 0 bridgehead atoms. The molecule has 6 heteroatoms. The van der Waals surface area contributed by atoms with Gasteiger partial charge in [-0.05, 0) is 37.1 Å². The first-order valence-corrected chi connectivity index (χ1v) is 14.6.